The molecule has 0 unspecified atom stereocenters. The second-order valence-corrected chi connectivity index (χ2v) is 5.68. The van der Waals surface area contributed by atoms with Crippen LogP contribution in [-0.2, 0) is 0 Å². The van der Waals surface area contributed by atoms with Gasteiger partial charge in [0.25, 0.3) is 0 Å². The maximum absolute atomic E-state index is 13.0. The first-order chi connectivity index (χ1) is 8.46. The Labute approximate surface area is 106 Å². The van der Waals surface area contributed by atoms with Gasteiger partial charge in [-0.25, -0.2) is 8.78 Å². The Morgan fingerprint density at radius 3 is 2.61 bits per heavy atom. The topological polar surface area (TPSA) is 21.3 Å². The second kappa shape index (κ2) is 5.22. The van der Waals surface area contributed by atoms with E-state index in [1.165, 1.54) is 18.9 Å². The molecule has 100 valence electrons. The minimum absolute atomic E-state index is 0.0343. The van der Waals surface area contributed by atoms with Gasteiger partial charge in [-0.1, -0.05) is 13.8 Å². The van der Waals surface area contributed by atoms with Gasteiger partial charge in [-0.15, -0.1) is 0 Å². The molecule has 0 bridgehead atoms. The molecular formula is C14H19F2NO. The van der Waals surface area contributed by atoms with Gasteiger partial charge in [0.15, 0.2) is 11.6 Å². The van der Waals surface area contributed by atoms with Crippen LogP contribution in [0.1, 0.15) is 26.7 Å². The molecule has 4 heteroatoms. The largest absolute Gasteiger partial charge is 0.493 e. The lowest BCUT2D eigenvalue weighted by Crippen LogP contribution is -2.35. The van der Waals surface area contributed by atoms with Crippen molar-refractivity contribution in [3.8, 4) is 5.75 Å². The van der Waals surface area contributed by atoms with Crippen LogP contribution in [0.4, 0.5) is 8.78 Å². The van der Waals surface area contributed by atoms with Crippen LogP contribution in [0, 0.1) is 17.0 Å². The molecule has 0 radical (unpaired) electrons. The number of benzene rings is 1. The van der Waals surface area contributed by atoms with Crippen LogP contribution in [0.15, 0.2) is 18.2 Å². The van der Waals surface area contributed by atoms with Gasteiger partial charge in [0.2, 0.25) is 0 Å². The molecule has 1 aliphatic carbocycles. The van der Waals surface area contributed by atoms with Gasteiger partial charge in [0.1, 0.15) is 5.75 Å². The smallest absolute Gasteiger partial charge is 0.162 e. The van der Waals surface area contributed by atoms with Crippen LogP contribution in [0.25, 0.3) is 0 Å². The molecule has 1 aliphatic rings. The third kappa shape index (κ3) is 3.95. The SMILES string of the molecule is CC(C)(CNC1CC1)COc1ccc(F)c(F)c1. The van der Waals surface area contributed by atoms with Crippen LogP contribution < -0.4 is 10.1 Å². The summed E-state index contributed by atoms with van der Waals surface area (Å²) in [4.78, 5) is 0. The molecule has 0 aromatic heterocycles. The van der Waals surface area contributed by atoms with E-state index in [9.17, 15) is 8.78 Å². The molecule has 2 nitrogen and oxygen atoms in total. The van der Waals surface area contributed by atoms with Crippen molar-refractivity contribution in [2.24, 2.45) is 5.41 Å². The molecule has 18 heavy (non-hydrogen) atoms. The Kier molecular flexibility index (Phi) is 3.85. The first-order valence-corrected chi connectivity index (χ1v) is 6.27. The zero-order chi connectivity index (χ0) is 13.2. The van der Waals surface area contributed by atoms with Crippen molar-refractivity contribution >= 4 is 0 Å². The molecule has 1 aromatic rings. The number of hydrogen-bond acceptors (Lipinski definition) is 2. The standard InChI is InChI=1S/C14H19F2NO/c1-14(2,8-17-10-3-4-10)9-18-11-5-6-12(15)13(16)7-11/h5-7,10,17H,3-4,8-9H2,1-2H3. The molecule has 1 saturated carbocycles. The van der Waals surface area contributed by atoms with Crippen molar-refractivity contribution in [3.05, 3.63) is 29.8 Å². The number of rotatable bonds is 6. The average Bonchev–Trinajstić information content (AvgIpc) is 3.12. The van der Waals surface area contributed by atoms with Crippen molar-refractivity contribution < 1.29 is 13.5 Å². The summed E-state index contributed by atoms with van der Waals surface area (Å²) in [6.45, 7) is 5.50. The summed E-state index contributed by atoms with van der Waals surface area (Å²) in [7, 11) is 0. The lowest BCUT2D eigenvalue weighted by atomic mass is 9.95. The Morgan fingerprint density at radius 2 is 2.00 bits per heavy atom. The maximum atomic E-state index is 13.0. The van der Waals surface area contributed by atoms with Gasteiger partial charge in [-0.05, 0) is 25.0 Å². The summed E-state index contributed by atoms with van der Waals surface area (Å²) in [6, 6.07) is 4.27. The summed E-state index contributed by atoms with van der Waals surface area (Å²) in [5.74, 6) is -1.35. The molecule has 0 atom stereocenters. The highest BCUT2D eigenvalue weighted by Crippen LogP contribution is 2.23. The van der Waals surface area contributed by atoms with E-state index in [0.29, 0.717) is 18.4 Å². The van der Waals surface area contributed by atoms with E-state index in [2.05, 4.69) is 19.2 Å². The minimum Gasteiger partial charge on any atom is -0.493 e. The Morgan fingerprint density at radius 1 is 1.28 bits per heavy atom. The second-order valence-electron chi connectivity index (χ2n) is 5.68. The van der Waals surface area contributed by atoms with E-state index in [-0.39, 0.29) is 5.41 Å². The van der Waals surface area contributed by atoms with Gasteiger partial charge in [0, 0.05) is 24.1 Å². The summed E-state index contributed by atoms with van der Waals surface area (Å²) >= 11 is 0. The van der Waals surface area contributed by atoms with E-state index in [1.54, 1.807) is 0 Å². The van der Waals surface area contributed by atoms with Gasteiger partial charge in [-0.3, -0.25) is 0 Å². The Hall–Kier alpha value is -1.16. The van der Waals surface area contributed by atoms with E-state index < -0.39 is 11.6 Å². The van der Waals surface area contributed by atoms with Crippen molar-refractivity contribution in [3.63, 3.8) is 0 Å². The third-order valence-corrected chi connectivity index (χ3v) is 2.97. The van der Waals surface area contributed by atoms with E-state index >= 15 is 0 Å². The molecule has 0 saturated heterocycles. The zero-order valence-corrected chi connectivity index (χ0v) is 10.8. The van der Waals surface area contributed by atoms with Gasteiger partial charge in [-0.2, -0.15) is 0 Å². The minimum atomic E-state index is -0.874. The van der Waals surface area contributed by atoms with Crippen LogP contribution >= 0.6 is 0 Å². The highest BCUT2D eigenvalue weighted by Gasteiger charge is 2.25. The number of nitrogens with one attached hydrogen (secondary N) is 1. The third-order valence-electron chi connectivity index (χ3n) is 2.97. The molecular weight excluding hydrogens is 236 g/mol. The normalized spacial score (nSPS) is 15.8. The first kappa shape index (κ1) is 13.3. The average molecular weight is 255 g/mol. The predicted molar refractivity (Wildman–Crippen MR) is 66.7 cm³/mol. The van der Waals surface area contributed by atoms with E-state index in [0.717, 1.165) is 18.7 Å². The lowest BCUT2D eigenvalue weighted by Gasteiger charge is -2.25. The van der Waals surface area contributed by atoms with Crippen LogP contribution in [0.2, 0.25) is 0 Å². The molecule has 0 spiro atoms. The Balaban J connectivity index is 1.82. The number of ether oxygens (including phenoxy) is 1. The quantitative estimate of drug-likeness (QED) is 0.843. The van der Waals surface area contributed by atoms with Gasteiger partial charge in [0.05, 0.1) is 6.61 Å². The fraction of sp³-hybridized carbons (Fsp3) is 0.571. The molecule has 1 N–H and O–H groups in total. The van der Waals surface area contributed by atoms with E-state index in [1.807, 2.05) is 0 Å². The fourth-order valence-corrected chi connectivity index (χ4v) is 1.60. The molecule has 0 heterocycles. The van der Waals surface area contributed by atoms with Gasteiger partial charge < -0.3 is 10.1 Å². The zero-order valence-electron chi connectivity index (χ0n) is 10.8. The Bertz CT molecular complexity index is 416. The van der Waals surface area contributed by atoms with Crippen molar-refractivity contribution in [2.45, 2.75) is 32.7 Å². The number of hydrogen-bond donors (Lipinski definition) is 1. The summed E-state index contributed by atoms with van der Waals surface area (Å²) in [5.41, 5.74) is -0.0343. The molecule has 1 fully saturated rings. The highest BCUT2D eigenvalue weighted by molar-refractivity contribution is 5.23. The fourth-order valence-electron chi connectivity index (χ4n) is 1.60. The molecule has 0 aliphatic heterocycles. The monoisotopic (exact) mass is 255 g/mol. The maximum Gasteiger partial charge on any atom is 0.162 e. The highest BCUT2D eigenvalue weighted by atomic mass is 19.2. The molecule has 0 amide bonds. The van der Waals surface area contributed by atoms with Crippen LogP contribution in [-0.4, -0.2) is 19.2 Å². The van der Waals surface area contributed by atoms with Crippen LogP contribution in [0.5, 0.6) is 5.75 Å². The van der Waals surface area contributed by atoms with Crippen LogP contribution in [0.3, 0.4) is 0 Å². The summed E-state index contributed by atoms with van der Waals surface area (Å²) < 4.78 is 31.3. The van der Waals surface area contributed by atoms with Crippen molar-refractivity contribution in [2.75, 3.05) is 13.2 Å². The summed E-state index contributed by atoms with van der Waals surface area (Å²) in [5, 5.41) is 3.44. The molecule has 2 rings (SSSR count). The first-order valence-electron chi connectivity index (χ1n) is 6.27. The van der Waals surface area contributed by atoms with Crippen molar-refractivity contribution in [1.29, 1.82) is 0 Å². The lowest BCUT2D eigenvalue weighted by molar-refractivity contribution is 0.175. The molecule has 1 aromatic carbocycles. The summed E-state index contributed by atoms with van der Waals surface area (Å²) in [6.07, 6.45) is 2.50. The van der Waals surface area contributed by atoms with Gasteiger partial charge >= 0.3 is 0 Å². The number of halogens is 2. The predicted octanol–water partition coefficient (Wildman–Crippen LogP) is 3.12. The van der Waals surface area contributed by atoms with E-state index in [4.69, 9.17) is 4.74 Å². The van der Waals surface area contributed by atoms with Crippen molar-refractivity contribution in [1.82, 2.24) is 5.32 Å².